The number of carboxylic acid groups (broad SMARTS) is 1. The highest BCUT2D eigenvalue weighted by Gasteiger charge is 2.28. The molecule has 7 heteroatoms. The number of carboxylic acids is 1. The molecular formula is C13H19N3O4. The standard InChI is InChI=1S/C13H19N3O4/c1-7-9(11(18)15-8(2)14-7)5-6-10(17)16-13(3,4)12(19)20/h5-6H2,1-4H3,(H,16,17)(H,19,20)(H,14,15,18). The summed E-state index contributed by atoms with van der Waals surface area (Å²) in [6.45, 7) is 6.19. The third-order valence-electron chi connectivity index (χ3n) is 2.93. The Hall–Kier alpha value is -2.18. The molecule has 0 spiro atoms. The van der Waals surface area contributed by atoms with Crippen molar-refractivity contribution in [2.45, 2.75) is 46.1 Å². The SMILES string of the molecule is Cc1nc(C)c(CCC(=O)NC(C)(C)C(=O)O)c(=O)[nH]1. The minimum absolute atomic E-state index is 0.0331. The Morgan fingerprint density at radius 2 is 1.95 bits per heavy atom. The molecule has 1 rings (SSSR count). The first-order valence-corrected chi connectivity index (χ1v) is 6.24. The van der Waals surface area contributed by atoms with Gasteiger partial charge >= 0.3 is 5.97 Å². The van der Waals surface area contributed by atoms with Gasteiger partial charge in [0.25, 0.3) is 5.56 Å². The van der Waals surface area contributed by atoms with Crippen LogP contribution >= 0.6 is 0 Å². The van der Waals surface area contributed by atoms with Crippen molar-refractivity contribution < 1.29 is 14.7 Å². The molecule has 0 aliphatic heterocycles. The molecule has 1 aromatic heterocycles. The summed E-state index contributed by atoms with van der Waals surface area (Å²) in [7, 11) is 0. The zero-order valence-electron chi connectivity index (χ0n) is 12.0. The quantitative estimate of drug-likeness (QED) is 0.718. The highest BCUT2D eigenvalue weighted by atomic mass is 16.4. The molecule has 1 amide bonds. The highest BCUT2D eigenvalue weighted by molar-refractivity contribution is 5.86. The number of nitrogens with one attached hydrogen (secondary N) is 2. The Morgan fingerprint density at radius 1 is 1.35 bits per heavy atom. The fourth-order valence-electron chi connectivity index (χ4n) is 1.75. The van der Waals surface area contributed by atoms with Gasteiger partial charge in [0.2, 0.25) is 5.91 Å². The second-order valence-corrected chi connectivity index (χ2v) is 5.19. The van der Waals surface area contributed by atoms with E-state index in [1.165, 1.54) is 13.8 Å². The molecule has 0 atom stereocenters. The molecule has 0 bridgehead atoms. The van der Waals surface area contributed by atoms with E-state index in [1.807, 2.05) is 0 Å². The minimum Gasteiger partial charge on any atom is -0.480 e. The fraction of sp³-hybridized carbons (Fsp3) is 0.538. The zero-order valence-corrected chi connectivity index (χ0v) is 12.0. The largest absolute Gasteiger partial charge is 0.480 e. The summed E-state index contributed by atoms with van der Waals surface area (Å²) in [6, 6.07) is 0. The molecule has 20 heavy (non-hydrogen) atoms. The van der Waals surface area contributed by atoms with E-state index in [1.54, 1.807) is 13.8 Å². The van der Waals surface area contributed by atoms with Crippen LogP contribution in [0.5, 0.6) is 0 Å². The van der Waals surface area contributed by atoms with Crippen molar-refractivity contribution in [1.29, 1.82) is 0 Å². The maximum Gasteiger partial charge on any atom is 0.328 e. The van der Waals surface area contributed by atoms with Crippen LogP contribution < -0.4 is 10.9 Å². The van der Waals surface area contributed by atoms with E-state index in [0.717, 1.165) is 0 Å². The summed E-state index contributed by atoms with van der Waals surface area (Å²) < 4.78 is 0. The van der Waals surface area contributed by atoms with E-state index in [-0.39, 0.29) is 18.4 Å². The van der Waals surface area contributed by atoms with E-state index in [9.17, 15) is 14.4 Å². The first-order valence-electron chi connectivity index (χ1n) is 6.24. The van der Waals surface area contributed by atoms with Crippen LogP contribution in [0.1, 0.15) is 37.4 Å². The molecule has 1 aromatic rings. The average molecular weight is 281 g/mol. The fourth-order valence-corrected chi connectivity index (χ4v) is 1.75. The van der Waals surface area contributed by atoms with E-state index in [0.29, 0.717) is 17.1 Å². The summed E-state index contributed by atoms with van der Waals surface area (Å²) in [6.07, 6.45) is 0.251. The molecule has 0 unspecified atom stereocenters. The van der Waals surface area contributed by atoms with Gasteiger partial charge in [-0.1, -0.05) is 0 Å². The molecule has 7 nitrogen and oxygen atoms in total. The maximum atomic E-state index is 11.7. The molecular weight excluding hydrogens is 262 g/mol. The van der Waals surface area contributed by atoms with Crippen molar-refractivity contribution in [3.63, 3.8) is 0 Å². The smallest absolute Gasteiger partial charge is 0.328 e. The lowest BCUT2D eigenvalue weighted by Gasteiger charge is -2.20. The first kappa shape index (κ1) is 15.9. The van der Waals surface area contributed by atoms with E-state index < -0.39 is 17.4 Å². The van der Waals surface area contributed by atoms with Gasteiger partial charge in [0.1, 0.15) is 11.4 Å². The van der Waals surface area contributed by atoms with Gasteiger partial charge in [-0.3, -0.25) is 9.59 Å². The molecule has 0 aromatic carbocycles. The maximum absolute atomic E-state index is 11.7. The summed E-state index contributed by atoms with van der Waals surface area (Å²) in [5.74, 6) is -1.01. The first-order chi connectivity index (χ1) is 9.13. The van der Waals surface area contributed by atoms with Gasteiger partial charge < -0.3 is 15.4 Å². The van der Waals surface area contributed by atoms with Crippen LogP contribution in [-0.2, 0) is 16.0 Å². The lowest BCUT2D eigenvalue weighted by atomic mass is 10.0. The number of H-pyrrole nitrogens is 1. The van der Waals surface area contributed by atoms with Gasteiger partial charge in [-0.2, -0.15) is 0 Å². The number of hydrogen-bond donors (Lipinski definition) is 3. The van der Waals surface area contributed by atoms with Crippen LogP contribution in [0.3, 0.4) is 0 Å². The number of nitrogens with zero attached hydrogens (tertiary/aromatic N) is 1. The molecule has 0 saturated carbocycles. The van der Waals surface area contributed by atoms with Crippen LogP contribution in [-0.4, -0.2) is 32.5 Å². The molecule has 0 aliphatic carbocycles. The van der Waals surface area contributed by atoms with Crippen molar-refractivity contribution >= 4 is 11.9 Å². The zero-order chi connectivity index (χ0) is 15.5. The van der Waals surface area contributed by atoms with E-state index >= 15 is 0 Å². The van der Waals surface area contributed by atoms with Crippen molar-refractivity contribution in [3.05, 3.63) is 27.4 Å². The Morgan fingerprint density at radius 3 is 2.45 bits per heavy atom. The average Bonchev–Trinajstić information content (AvgIpc) is 2.26. The number of aromatic amines is 1. The van der Waals surface area contributed by atoms with Gasteiger partial charge in [-0.15, -0.1) is 0 Å². The number of aromatic nitrogens is 2. The third kappa shape index (κ3) is 3.91. The second kappa shape index (κ2) is 5.85. The van der Waals surface area contributed by atoms with Crippen molar-refractivity contribution in [3.8, 4) is 0 Å². The monoisotopic (exact) mass is 281 g/mol. The Balaban J connectivity index is 2.72. The summed E-state index contributed by atoms with van der Waals surface area (Å²) in [5.41, 5.74) is -0.569. The molecule has 0 fully saturated rings. The Bertz CT molecular complexity index is 590. The minimum atomic E-state index is -1.33. The van der Waals surface area contributed by atoms with Gasteiger partial charge in [-0.05, 0) is 34.1 Å². The Kier molecular flexibility index (Phi) is 4.65. The van der Waals surface area contributed by atoms with Crippen LogP contribution in [0.2, 0.25) is 0 Å². The number of hydrogen-bond acceptors (Lipinski definition) is 4. The predicted molar refractivity (Wildman–Crippen MR) is 72.5 cm³/mol. The van der Waals surface area contributed by atoms with Crippen LogP contribution in [0.4, 0.5) is 0 Å². The van der Waals surface area contributed by atoms with Crippen LogP contribution in [0, 0.1) is 13.8 Å². The number of carbonyl (C=O) groups is 2. The summed E-state index contributed by atoms with van der Waals surface area (Å²) in [4.78, 5) is 41.1. The third-order valence-corrected chi connectivity index (χ3v) is 2.93. The van der Waals surface area contributed by atoms with Gasteiger partial charge in [0, 0.05) is 17.7 Å². The van der Waals surface area contributed by atoms with Crippen LogP contribution in [0.15, 0.2) is 4.79 Å². The number of aliphatic carboxylic acids is 1. The molecule has 110 valence electrons. The van der Waals surface area contributed by atoms with Crippen LogP contribution in [0.25, 0.3) is 0 Å². The molecule has 0 radical (unpaired) electrons. The van der Waals surface area contributed by atoms with Gasteiger partial charge in [0.05, 0.1) is 0 Å². The lowest BCUT2D eigenvalue weighted by molar-refractivity contribution is -0.146. The van der Waals surface area contributed by atoms with E-state index in [2.05, 4.69) is 15.3 Å². The number of aryl methyl sites for hydroxylation is 2. The molecule has 1 heterocycles. The predicted octanol–water partition coefficient (Wildman–Crippen LogP) is 0.299. The normalized spacial score (nSPS) is 11.2. The number of amides is 1. The molecule has 0 aliphatic rings. The topological polar surface area (TPSA) is 112 Å². The highest BCUT2D eigenvalue weighted by Crippen LogP contribution is 2.05. The van der Waals surface area contributed by atoms with Crippen molar-refractivity contribution in [2.75, 3.05) is 0 Å². The van der Waals surface area contributed by atoms with Gasteiger partial charge in [0.15, 0.2) is 0 Å². The van der Waals surface area contributed by atoms with Crippen molar-refractivity contribution in [1.82, 2.24) is 15.3 Å². The molecule has 3 N–H and O–H groups in total. The molecule has 0 saturated heterocycles. The Labute approximate surface area is 116 Å². The van der Waals surface area contributed by atoms with Gasteiger partial charge in [-0.25, -0.2) is 9.78 Å². The second-order valence-electron chi connectivity index (χ2n) is 5.19. The number of rotatable bonds is 5. The summed E-state index contributed by atoms with van der Waals surface area (Å²) in [5, 5.41) is 11.3. The van der Waals surface area contributed by atoms with E-state index in [4.69, 9.17) is 5.11 Å². The summed E-state index contributed by atoms with van der Waals surface area (Å²) >= 11 is 0. The number of carbonyl (C=O) groups excluding carboxylic acids is 1. The van der Waals surface area contributed by atoms with Crippen molar-refractivity contribution in [2.24, 2.45) is 0 Å². The lowest BCUT2D eigenvalue weighted by Crippen LogP contribution is -2.49.